The van der Waals surface area contributed by atoms with E-state index in [2.05, 4.69) is 26.1 Å². The van der Waals surface area contributed by atoms with Gasteiger partial charge in [0.1, 0.15) is 0 Å². The molecule has 0 aromatic rings. The van der Waals surface area contributed by atoms with E-state index < -0.39 is 0 Å². The van der Waals surface area contributed by atoms with Crippen LogP contribution >= 0.6 is 0 Å². The van der Waals surface area contributed by atoms with Crippen LogP contribution in [0.2, 0.25) is 0 Å². The topological polar surface area (TPSA) is 38.0 Å². The molecule has 11 heavy (non-hydrogen) atoms. The van der Waals surface area contributed by atoms with Crippen molar-refractivity contribution in [2.45, 2.75) is 33.6 Å². The van der Waals surface area contributed by atoms with Gasteiger partial charge in [0.05, 0.1) is 0 Å². The molecule has 0 saturated carbocycles. The normalized spacial score (nSPS) is 9.27. The van der Waals surface area contributed by atoms with Gasteiger partial charge in [-0.3, -0.25) is 0 Å². The quantitative estimate of drug-likeness (QED) is 0.613. The number of unbranched alkanes of at least 4 members (excludes halogenated alkanes) is 1. The van der Waals surface area contributed by atoms with Crippen LogP contribution in [-0.4, -0.2) is 20.1 Å². The number of nitrogens with two attached hydrogens (primary N) is 1. The Morgan fingerprint density at radius 2 is 1.82 bits per heavy atom. The third kappa shape index (κ3) is 25.7. The molecule has 0 saturated heterocycles. The first-order chi connectivity index (χ1) is 5.18. The smallest absolute Gasteiger partial charge is 0.00520 e. The van der Waals surface area contributed by atoms with Gasteiger partial charge in [0, 0.05) is 0 Å². The molecule has 2 nitrogen and oxygen atoms in total. The summed E-state index contributed by atoms with van der Waals surface area (Å²) in [6.07, 6.45) is 2.59. The minimum absolute atomic E-state index is 0.662. The Labute approximate surface area is 71.6 Å². The summed E-state index contributed by atoms with van der Waals surface area (Å²) < 4.78 is 0. The van der Waals surface area contributed by atoms with Gasteiger partial charge in [-0.15, -0.1) is 0 Å². The fraction of sp³-hybridized carbons (Fsp3) is 1.00. The minimum Gasteiger partial charge on any atom is -0.330 e. The summed E-state index contributed by atoms with van der Waals surface area (Å²) >= 11 is 0. The minimum atomic E-state index is 0.662. The van der Waals surface area contributed by atoms with Crippen molar-refractivity contribution in [2.24, 2.45) is 11.7 Å². The Kier molecular flexibility index (Phi) is 15.4. The van der Waals surface area contributed by atoms with E-state index in [0.29, 0.717) is 5.92 Å². The Morgan fingerprint density at radius 1 is 1.36 bits per heavy atom. The van der Waals surface area contributed by atoms with E-state index >= 15 is 0 Å². The van der Waals surface area contributed by atoms with Crippen LogP contribution in [0.3, 0.4) is 0 Å². The maximum absolute atomic E-state index is 5.17. The van der Waals surface area contributed by atoms with Crippen molar-refractivity contribution < 1.29 is 0 Å². The molecule has 0 aromatic carbocycles. The average Bonchev–Trinajstić information content (AvgIpc) is 2.02. The van der Waals surface area contributed by atoms with Crippen LogP contribution in [-0.2, 0) is 0 Å². The zero-order chi connectivity index (χ0) is 9.11. The highest BCUT2D eigenvalue weighted by molar-refractivity contribution is 4.38. The van der Waals surface area contributed by atoms with E-state index in [1.165, 1.54) is 12.8 Å². The van der Waals surface area contributed by atoms with E-state index in [4.69, 9.17) is 5.73 Å². The fourth-order valence-corrected chi connectivity index (χ4v) is 0.354. The zero-order valence-electron chi connectivity index (χ0n) is 8.48. The van der Waals surface area contributed by atoms with Gasteiger partial charge in [-0.25, -0.2) is 0 Å². The molecule has 0 aromatic heterocycles. The van der Waals surface area contributed by atoms with Crippen LogP contribution in [0.25, 0.3) is 0 Å². The van der Waals surface area contributed by atoms with Crippen molar-refractivity contribution >= 4 is 0 Å². The lowest BCUT2D eigenvalue weighted by molar-refractivity contribution is 0.664. The molecule has 0 rings (SSSR count). The van der Waals surface area contributed by atoms with Crippen molar-refractivity contribution in [3.8, 4) is 0 Å². The predicted octanol–water partition coefficient (Wildman–Crippen LogP) is 1.61. The number of hydrogen-bond donors (Lipinski definition) is 2. The third-order valence-electron chi connectivity index (χ3n) is 1.25. The van der Waals surface area contributed by atoms with Crippen LogP contribution < -0.4 is 11.1 Å². The van der Waals surface area contributed by atoms with E-state index in [1.54, 1.807) is 0 Å². The van der Waals surface area contributed by atoms with Crippen molar-refractivity contribution in [3.63, 3.8) is 0 Å². The van der Waals surface area contributed by atoms with Crippen molar-refractivity contribution in [1.29, 1.82) is 0 Å². The number of rotatable bonds is 4. The first kappa shape index (κ1) is 13.5. The van der Waals surface area contributed by atoms with E-state index in [-0.39, 0.29) is 0 Å². The Morgan fingerprint density at radius 3 is 1.91 bits per heavy atom. The van der Waals surface area contributed by atoms with Crippen LogP contribution in [0.1, 0.15) is 33.6 Å². The van der Waals surface area contributed by atoms with Crippen molar-refractivity contribution in [2.75, 3.05) is 20.1 Å². The van der Waals surface area contributed by atoms with Crippen LogP contribution in [0.4, 0.5) is 0 Å². The SMILES string of the molecule is CC(C)CN.CCCCNC. The molecule has 3 N–H and O–H groups in total. The first-order valence-corrected chi connectivity index (χ1v) is 4.53. The second kappa shape index (κ2) is 12.6. The Bertz CT molecular complexity index is 49.5. The molecule has 0 fully saturated rings. The monoisotopic (exact) mass is 160 g/mol. The summed E-state index contributed by atoms with van der Waals surface area (Å²) in [4.78, 5) is 0. The van der Waals surface area contributed by atoms with Gasteiger partial charge in [-0.2, -0.15) is 0 Å². The number of hydrogen-bond acceptors (Lipinski definition) is 2. The maximum Gasteiger partial charge on any atom is -0.00520 e. The number of nitrogens with one attached hydrogen (secondary N) is 1. The summed E-state index contributed by atoms with van der Waals surface area (Å²) in [6, 6.07) is 0. The molecular weight excluding hydrogens is 136 g/mol. The lowest BCUT2D eigenvalue weighted by Gasteiger charge is -1.91. The van der Waals surface area contributed by atoms with Gasteiger partial charge in [-0.05, 0) is 32.5 Å². The third-order valence-corrected chi connectivity index (χ3v) is 1.25. The van der Waals surface area contributed by atoms with E-state index in [9.17, 15) is 0 Å². The molecule has 0 heterocycles. The second-order valence-electron chi connectivity index (χ2n) is 3.09. The molecule has 0 unspecified atom stereocenters. The van der Waals surface area contributed by atoms with Gasteiger partial charge in [0.15, 0.2) is 0 Å². The highest BCUT2D eigenvalue weighted by Gasteiger charge is 1.80. The molecule has 0 aliphatic carbocycles. The van der Waals surface area contributed by atoms with Gasteiger partial charge < -0.3 is 11.1 Å². The van der Waals surface area contributed by atoms with Crippen molar-refractivity contribution in [3.05, 3.63) is 0 Å². The lowest BCUT2D eigenvalue weighted by atomic mass is 10.2. The maximum atomic E-state index is 5.17. The van der Waals surface area contributed by atoms with Crippen LogP contribution in [0.15, 0.2) is 0 Å². The van der Waals surface area contributed by atoms with Crippen LogP contribution in [0.5, 0.6) is 0 Å². The predicted molar refractivity (Wildman–Crippen MR) is 52.7 cm³/mol. The molecule has 0 radical (unpaired) electrons. The van der Waals surface area contributed by atoms with Crippen molar-refractivity contribution in [1.82, 2.24) is 5.32 Å². The molecule has 0 bridgehead atoms. The summed E-state index contributed by atoms with van der Waals surface area (Å²) in [5.74, 6) is 0.662. The molecule has 70 valence electrons. The van der Waals surface area contributed by atoms with Gasteiger partial charge in [0.2, 0.25) is 0 Å². The van der Waals surface area contributed by atoms with Crippen LogP contribution in [0, 0.1) is 5.92 Å². The molecule has 0 atom stereocenters. The second-order valence-corrected chi connectivity index (χ2v) is 3.09. The molecule has 0 aliphatic rings. The molecule has 0 aliphatic heterocycles. The lowest BCUT2D eigenvalue weighted by Crippen LogP contribution is -2.06. The standard InChI is InChI=1S/C5H13N.C4H11N/c1-3-4-5-6-2;1-4(2)3-5/h6H,3-5H2,1-2H3;4H,3,5H2,1-2H3. The average molecular weight is 160 g/mol. The summed E-state index contributed by atoms with van der Waals surface area (Å²) in [5.41, 5.74) is 5.17. The molecule has 0 spiro atoms. The zero-order valence-corrected chi connectivity index (χ0v) is 8.48. The molecule has 2 heteroatoms. The highest BCUT2D eigenvalue weighted by atomic mass is 14.8. The summed E-state index contributed by atoms with van der Waals surface area (Å²) in [6.45, 7) is 8.36. The Balaban J connectivity index is 0. The first-order valence-electron chi connectivity index (χ1n) is 4.53. The van der Waals surface area contributed by atoms with E-state index in [1.807, 2.05) is 7.05 Å². The summed E-state index contributed by atoms with van der Waals surface area (Å²) in [7, 11) is 1.98. The Hall–Kier alpha value is -0.0800. The molecule has 0 amide bonds. The highest BCUT2D eigenvalue weighted by Crippen LogP contribution is 1.81. The van der Waals surface area contributed by atoms with Gasteiger partial charge in [-0.1, -0.05) is 27.2 Å². The fourth-order valence-electron chi connectivity index (χ4n) is 0.354. The van der Waals surface area contributed by atoms with Gasteiger partial charge >= 0.3 is 0 Å². The summed E-state index contributed by atoms with van der Waals surface area (Å²) in [5, 5.41) is 3.07. The molecular formula is C9H24N2. The largest absolute Gasteiger partial charge is 0.330 e. The van der Waals surface area contributed by atoms with Gasteiger partial charge in [0.25, 0.3) is 0 Å². The van der Waals surface area contributed by atoms with E-state index in [0.717, 1.165) is 13.1 Å².